The van der Waals surface area contributed by atoms with Gasteiger partial charge in [0.15, 0.2) is 0 Å². The van der Waals surface area contributed by atoms with Gasteiger partial charge in [0.1, 0.15) is 0 Å². The van der Waals surface area contributed by atoms with Crippen LogP contribution in [0, 0.1) is 13.8 Å². The normalized spacial score (nSPS) is 12.2. The lowest BCUT2D eigenvalue weighted by atomic mass is 10.2. The lowest BCUT2D eigenvalue weighted by molar-refractivity contribution is 0.473. The fourth-order valence-corrected chi connectivity index (χ4v) is 2.68. The fourth-order valence-electron chi connectivity index (χ4n) is 1.79. The first-order valence-corrected chi connectivity index (χ1v) is 5.87. The van der Waals surface area contributed by atoms with Crippen molar-refractivity contribution in [3.8, 4) is 0 Å². The highest BCUT2D eigenvalue weighted by atomic mass is 32.2. The number of aromatic nitrogens is 1. The smallest absolute Gasteiger partial charge is 0.269 e. The zero-order valence-corrected chi connectivity index (χ0v) is 9.25. The van der Waals surface area contributed by atoms with Crippen LogP contribution in [0.15, 0.2) is 24.3 Å². The van der Waals surface area contributed by atoms with Crippen molar-refractivity contribution in [2.75, 3.05) is 0 Å². The van der Waals surface area contributed by atoms with Crippen molar-refractivity contribution in [1.82, 2.24) is 3.97 Å². The highest BCUT2D eigenvalue weighted by molar-refractivity contribution is 7.84. The molecule has 0 bridgehead atoms. The zero-order valence-electron chi connectivity index (χ0n) is 8.43. The van der Waals surface area contributed by atoms with Gasteiger partial charge in [-0.25, -0.2) is 3.97 Å². The van der Waals surface area contributed by atoms with Crippen LogP contribution in [0.1, 0.15) is 11.3 Å². The molecule has 0 aliphatic rings. The van der Waals surface area contributed by atoms with Crippen molar-refractivity contribution in [1.29, 1.82) is 0 Å². The van der Waals surface area contributed by atoms with Crippen LogP contribution < -0.4 is 0 Å². The lowest BCUT2D eigenvalue weighted by Crippen LogP contribution is -2.12. The van der Waals surface area contributed by atoms with E-state index in [2.05, 4.69) is 0 Å². The van der Waals surface area contributed by atoms with E-state index in [0.29, 0.717) is 11.2 Å². The summed E-state index contributed by atoms with van der Waals surface area (Å²) in [7, 11) is -4.22. The second-order valence-corrected chi connectivity index (χ2v) is 4.73. The summed E-state index contributed by atoms with van der Waals surface area (Å²) >= 11 is 0. The summed E-state index contributed by atoms with van der Waals surface area (Å²) in [6.45, 7) is 3.50. The number of para-hydroxylation sites is 1. The van der Waals surface area contributed by atoms with Crippen molar-refractivity contribution in [2.45, 2.75) is 13.8 Å². The molecule has 2 rings (SSSR count). The van der Waals surface area contributed by atoms with Gasteiger partial charge in [-0.1, -0.05) is 18.2 Å². The minimum absolute atomic E-state index is 0.509. The maximum Gasteiger partial charge on any atom is 0.364 e. The molecule has 0 unspecified atom stereocenters. The Bertz CT molecular complexity index is 625. The topological polar surface area (TPSA) is 59.3 Å². The van der Waals surface area contributed by atoms with Gasteiger partial charge in [-0.3, -0.25) is 4.55 Å². The summed E-state index contributed by atoms with van der Waals surface area (Å²) in [4.78, 5) is 0. The first-order valence-electron chi connectivity index (χ1n) is 4.47. The molecule has 0 spiro atoms. The molecule has 0 atom stereocenters. The predicted molar refractivity (Wildman–Crippen MR) is 58.4 cm³/mol. The van der Waals surface area contributed by atoms with E-state index in [4.69, 9.17) is 4.55 Å². The molecule has 1 aromatic heterocycles. The van der Waals surface area contributed by atoms with Crippen molar-refractivity contribution in [3.63, 3.8) is 0 Å². The van der Waals surface area contributed by atoms with Gasteiger partial charge < -0.3 is 0 Å². The number of hydrogen-bond acceptors (Lipinski definition) is 2. The highest BCUT2D eigenvalue weighted by Gasteiger charge is 2.18. The first kappa shape index (κ1) is 10.2. The van der Waals surface area contributed by atoms with Crippen LogP contribution in [0.5, 0.6) is 0 Å². The van der Waals surface area contributed by atoms with Crippen molar-refractivity contribution >= 4 is 21.2 Å². The summed E-state index contributed by atoms with van der Waals surface area (Å²) in [6, 6.07) is 7.08. The average Bonchev–Trinajstić information content (AvgIpc) is 2.39. The Balaban J connectivity index is 3.03. The quantitative estimate of drug-likeness (QED) is 0.754. The second kappa shape index (κ2) is 3.08. The molecule has 0 amide bonds. The molecule has 0 saturated carbocycles. The molecule has 5 heteroatoms. The van der Waals surface area contributed by atoms with E-state index in [9.17, 15) is 8.42 Å². The van der Waals surface area contributed by atoms with E-state index < -0.39 is 10.3 Å². The number of hydrogen-bond donors (Lipinski definition) is 1. The molecule has 2 aromatic rings. The molecule has 1 heterocycles. The maximum atomic E-state index is 11.2. The molecule has 1 aromatic carbocycles. The first-order chi connectivity index (χ1) is 6.93. The minimum Gasteiger partial charge on any atom is -0.269 e. The van der Waals surface area contributed by atoms with E-state index in [-0.39, 0.29) is 0 Å². The molecule has 1 N–H and O–H groups in total. The van der Waals surface area contributed by atoms with Crippen molar-refractivity contribution in [3.05, 3.63) is 35.5 Å². The average molecular weight is 225 g/mol. The molecule has 0 fully saturated rings. The lowest BCUT2D eigenvalue weighted by Gasteiger charge is -2.02. The molecular weight excluding hydrogens is 214 g/mol. The van der Waals surface area contributed by atoms with E-state index in [0.717, 1.165) is 14.9 Å². The van der Waals surface area contributed by atoms with E-state index in [1.165, 1.54) is 0 Å². The Morgan fingerprint density at radius 1 is 1.20 bits per heavy atom. The summed E-state index contributed by atoms with van der Waals surface area (Å²) in [6.07, 6.45) is 0. The molecule has 0 aliphatic heterocycles. The van der Waals surface area contributed by atoms with Crippen LogP contribution in [-0.2, 0) is 10.3 Å². The summed E-state index contributed by atoms with van der Waals surface area (Å²) in [5.74, 6) is 0. The summed E-state index contributed by atoms with van der Waals surface area (Å²) in [5.41, 5.74) is 1.91. The van der Waals surface area contributed by atoms with Gasteiger partial charge in [0, 0.05) is 11.1 Å². The van der Waals surface area contributed by atoms with Crippen LogP contribution in [0.2, 0.25) is 0 Å². The summed E-state index contributed by atoms with van der Waals surface area (Å²) in [5, 5.41) is 0.840. The molecule has 15 heavy (non-hydrogen) atoms. The number of aryl methyl sites for hydroxylation is 1. The number of nitrogens with zero attached hydrogens (tertiary/aromatic N) is 1. The van der Waals surface area contributed by atoms with E-state index >= 15 is 0 Å². The standard InChI is InChI=1S/C10H11NO3S/c1-7-8(2)11(15(12,13)14)10-6-4-3-5-9(7)10/h3-6H,1-2H3,(H,12,13,14). The van der Waals surface area contributed by atoms with Gasteiger partial charge >= 0.3 is 10.3 Å². The third-order valence-electron chi connectivity index (χ3n) is 2.60. The Morgan fingerprint density at radius 3 is 2.40 bits per heavy atom. The highest BCUT2D eigenvalue weighted by Crippen LogP contribution is 2.25. The maximum absolute atomic E-state index is 11.2. The molecule has 0 radical (unpaired) electrons. The fraction of sp³-hybridized carbons (Fsp3) is 0.200. The van der Waals surface area contributed by atoms with Crippen LogP contribution in [0.25, 0.3) is 10.9 Å². The van der Waals surface area contributed by atoms with Crippen LogP contribution in [-0.4, -0.2) is 16.9 Å². The Kier molecular flexibility index (Phi) is 2.09. The Hall–Kier alpha value is -1.33. The Morgan fingerprint density at radius 2 is 1.80 bits per heavy atom. The van der Waals surface area contributed by atoms with Crippen molar-refractivity contribution < 1.29 is 13.0 Å². The van der Waals surface area contributed by atoms with Crippen LogP contribution in [0.4, 0.5) is 0 Å². The monoisotopic (exact) mass is 225 g/mol. The molecular formula is C10H11NO3S. The third-order valence-corrected chi connectivity index (χ3v) is 3.54. The predicted octanol–water partition coefficient (Wildman–Crippen LogP) is 1.91. The largest absolute Gasteiger partial charge is 0.364 e. The van der Waals surface area contributed by atoms with Crippen LogP contribution in [0.3, 0.4) is 0 Å². The second-order valence-electron chi connectivity index (χ2n) is 3.47. The van der Waals surface area contributed by atoms with Gasteiger partial charge in [0.2, 0.25) is 0 Å². The van der Waals surface area contributed by atoms with E-state index in [1.807, 2.05) is 19.1 Å². The Labute approximate surface area is 88.0 Å². The SMILES string of the molecule is Cc1c(C)n(S(=O)(=O)O)c2ccccc12. The molecule has 0 saturated heterocycles. The summed E-state index contributed by atoms with van der Waals surface area (Å²) < 4.78 is 32.5. The van der Waals surface area contributed by atoms with Gasteiger partial charge in [-0.05, 0) is 25.5 Å². The number of benzene rings is 1. The zero-order chi connectivity index (χ0) is 11.2. The number of rotatable bonds is 1. The van der Waals surface area contributed by atoms with E-state index in [1.54, 1.807) is 19.1 Å². The number of fused-ring (bicyclic) bond motifs is 1. The van der Waals surface area contributed by atoms with Crippen molar-refractivity contribution in [2.24, 2.45) is 0 Å². The van der Waals surface area contributed by atoms with Gasteiger partial charge in [0.25, 0.3) is 0 Å². The van der Waals surface area contributed by atoms with Gasteiger partial charge in [-0.15, -0.1) is 0 Å². The minimum atomic E-state index is -4.22. The third kappa shape index (κ3) is 1.44. The molecule has 4 nitrogen and oxygen atoms in total. The molecule has 0 aliphatic carbocycles. The van der Waals surface area contributed by atoms with Gasteiger partial charge in [0.05, 0.1) is 5.52 Å². The molecule has 80 valence electrons. The van der Waals surface area contributed by atoms with Crippen LogP contribution >= 0.6 is 0 Å². The van der Waals surface area contributed by atoms with Gasteiger partial charge in [-0.2, -0.15) is 8.42 Å².